The van der Waals surface area contributed by atoms with Crippen LogP contribution in [0.2, 0.25) is 0 Å². The summed E-state index contributed by atoms with van der Waals surface area (Å²) < 4.78 is 1.17. The van der Waals surface area contributed by atoms with Gasteiger partial charge in [0.25, 0.3) is 0 Å². The van der Waals surface area contributed by atoms with Crippen LogP contribution in [0.25, 0.3) is 0 Å². The lowest BCUT2D eigenvalue weighted by atomic mass is 9.92. The van der Waals surface area contributed by atoms with Gasteiger partial charge in [-0.05, 0) is 42.5 Å². The summed E-state index contributed by atoms with van der Waals surface area (Å²) in [7, 11) is 0. The van der Waals surface area contributed by atoms with Crippen LogP contribution in [0, 0.1) is 11.8 Å². The zero-order valence-corrected chi connectivity index (χ0v) is 13.3. The second kappa shape index (κ2) is 5.75. The Morgan fingerprint density at radius 3 is 2.50 bits per heavy atom. The van der Waals surface area contributed by atoms with E-state index in [0.717, 1.165) is 24.9 Å². The number of benzene rings is 1. The largest absolute Gasteiger partial charge is 0.316 e. The average molecular weight is 310 g/mol. The van der Waals surface area contributed by atoms with Gasteiger partial charge in [-0.15, -0.1) is 0 Å². The molecule has 1 aromatic rings. The first-order valence-corrected chi connectivity index (χ1v) is 7.84. The van der Waals surface area contributed by atoms with Crippen molar-refractivity contribution in [2.24, 2.45) is 11.8 Å². The molecule has 1 nitrogen and oxygen atoms in total. The van der Waals surface area contributed by atoms with Crippen molar-refractivity contribution in [2.45, 2.75) is 39.0 Å². The van der Waals surface area contributed by atoms with E-state index >= 15 is 0 Å². The molecule has 1 aromatic carbocycles. The normalized spacial score (nSPS) is 26.6. The third-order valence-electron chi connectivity index (χ3n) is 4.14. The molecule has 0 spiro atoms. The Kier molecular flexibility index (Phi) is 4.50. The molecule has 0 heterocycles. The topological polar surface area (TPSA) is 12.0 Å². The van der Waals surface area contributed by atoms with E-state index in [1.54, 1.807) is 0 Å². The number of nitrogens with one attached hydrogen (secondary N) is 1. The highest BCUT2D eigenvalue weighted by molar-refractivity contribution is 9.10. The van der Waals surface area contributed by atoms with Crippen molar-refractivity contribution in [2.75, 3.05) is 13.1 Å². The molecule has 2 unspecified atom stereocenters. The van der Waals surface area contributed by atoms with E-state index in [2.05, 4.69) is 66.3 Å². The summed E-state index contributed by atoms with van der Waals surface area (Å²) >= 11 is 3.52. The molecule has 0 amide bonds. The fourth-order valence-electron chi connectivity index (χ4n) is 2.95. The molecule has 1 saturated carbocycles. The molecule has 1 fully saturated rings. The van der Waals surface area contributed by atoms with Crippen LogP contribution < -0.4 is 5.32 Å². The summed E-state index contributed by atoms with van der Waals surface area (Å²) in [6.07, 6.45) is 2.63. The summed E-state index contributed by atoms with van der Waals surface area (Å²) in [6, 6.07) is 8.92. The summed E-state index contributed by atoms with van der Waals surface area (Å²) in [6.45, 7) is 9.10. The molecule has 2 rings (SSSR count). The molecule has 1 aliphatic carbocycles. The Balaban J connectivity index is 2.06. The van der Waals surface area contributed by atoms with Crippen molar-refractivity contribution in [3.8, 4) is 0 Å². The lowest BCUT2D eigenvalue weighted by molar-refractivity contribution is 0.483. The van der Waals surface area contributed by atoms with Gasteiger partial charge in [0.05, 0.1) is 0 Å². The third-order valence-corrected chi connectivity index (χ3v) is 4.67. The predicted octanol–water partition coefficient (Wildman–Crippen LogP) is 4.36. The maximum absolute atomic E-state index is 3.65. The fraction of sp³-hybridized carbons (Fsp3) is 0.625. The van der Waals surface area contributed by atoms with Gasteiger partial charge in [0, 0.05) is 16.4 Å². The van der Waals surface area contributed by atoms with E-state index in [1.807, 2.05) is 0 Å². The Hall–Kier alpha value is -0.340. The van der Waals surface area contributed by atoms with Crippen molar-refractivity contribution in [1.82, 2.24) is 5.32 Å². The van der Waals surface area contributed by atoms with E-state index in [4.69, 9.17) is 0 Å². The molecule has 100 valence electrons. The second-order valence-electron chi connectivity index (χ2n) is 6.00. The number of hydrogen-bond acceptors (Lipinski definition) is 1. The molecule has 0 radical (unpaired) electrons. The molecule has 1 N–H and O–H groups in total. The van der Waals surface area contributed by atoms with Crippen molar-refractivity contribution < 1.29 is 0 Å². The van der Waals surface area contributed by atoms with Gasteiger partial charge in [0.2, 0.25) is 0 Å². The third kappa shape index (κ3) is 2.97. The number of hydrogen-bond donors (Lipinski definition) is 1. The molecule has 18 heavy (non-hydrogen) atoms. The first-order chi connectivity index (χ1) is 8.58. The van der Waals surface area contributed by atoms with Gasteiger partial charge in [0.15, 0.2) is 0 Å². The smallest absolute Gasteiger partial charge is 0.0175 e. The lowest BCUT2D eigenvalue weighted by Gasteiger charge is -2.20. The molecular formula is C16H24BrN. The highest BCUT2D eigenvalue weighted by Crippen LogP contribution is 2.55. The molecule has 0 aliphatic heterocycles. The van der Waals surface area contributed by atoms with E-state index in [9.17, 15) is 0 Å². The van der Waals surface area contributed by atoms with Crippen molar-refractivity contribution >= 4 is 15.9 Å². The zero-order valence-electron chi connectivity index (χ0n) is 11.7. The minimum absolute atomic E-state index is 0.407. The Labute approximate surface area is 119 Å². The standard InChI is InChI=1S/C16H24BrN/c1-4-13-9-16(13,11-18-10-12(2)3)14-5-7-15(17)8-6-14/h5-8,12-13,18H,4,9-11H2,1-3H3. The maximum atomic E-state index is 3.65. The van der Waals surface area contributed by atoms with Gasteiger partial charge in [-0.2, -0.15) is 0 Å². The molecule has 0 bridgehead atoms. The highest BCUT2D eigenvalue weighted by Gasteiger charge is 2.53. The molecule has 0 aromatic heterocycles. The van der Waals surface area contributed by atoms with E-state index < -0.39 is 0 Å². The summed E-state index contributed by atoms with van der Waals surface area (Å²) in [5, 5.41) is 3.65. The second-order valence-corrected chi connectivity index (χ2v) is 6.91. The van der Waals surface area contributed by atoms with Crippen molar-refractivity contribution in [3.63, 3.8) is 0 Å². The molecule has 1 aliphatic rings. The summed E-state index contributed by atoms with van der Waals surface area (Å²) in [4.78, 5) is 0. The number of rotatable bonds is 6. The van der Waals surface area contributed by atoms with Crippen LogP contribution in [0.3, 0.4) is 0 Å². The van der Waals surface area contributed by atoms with Gasteiger partial charge in [-0.25, -0.2) is 0 Å². The van der Waals surface area contributed by atoms with Crippen LogP contribution in [0.15, 0.2) is 28.7 Å². The molecule has 0 saturated heterocycles. The van der Waals surface area contributed by atoms with Gasteiger partial charge in [-0.1, -0.05) is 55.3 Å². The summed E-state index contributed by atoms with van der Waals surface area (Å²) in [5.41, 5.74) is 1.92. The Morgan fingerprint density at radius 2 is 2.00 bits per heavy atom. The predicted molar refractivity (Wildman–Crippen MR) is 81.9 cm³/mol. The van der Waals surface area contributed by atoms with Gasteiger partial charge >= 0.3 is 0 Å². The molecule has 2 atom stereocenters. The lowest BCUT2D eigenvalue weighted by Crippen LogP contribution is -2.31. The Bertz CT molecular complexity index is 385. The van der Waals surface area contributed by atoms with Crippen LogP contribution in [-0.2, 0) is 5.41 Å². The summed E-state index contributed by atoms with van der Waals surface area (Å²) in [5.74, 6) is 1.59. The van der Waals surface area contributed by atoms with Crippen LogP contribution in [0.5, 0.6) is 0 Å². The fourth-order valence-corrected chi connectivity index (χ4v) is 3.22. The highest BCUT2D eigenvalue weighted by atomic mass is 79.9. The van der Waals surface area contributed by atoms with Crippen molar-refractivity contribution in [3.05, 3.63) is 34.3 Å². The van der Waals surface area contributed by atoms with Crippen LogP contribution in [-0.4, -0.2) is 13.1 Å². The van der Waals surface area contributed by atoms with Crippen LogP contribution in [0.1, 0.15) is 39.2 Å². The SMILES string of the molecule is CCC1CC1(CNCC(C)C)c1ccc(Br)cc1. The van der Waals surface area contributed by atoms with E-state index in [-0.39, 0.29) is 0 Å². The number of halogens is 1. The monoisotopic (exact) mass is 309 g/mol. The van der Waals surface area contributed by atoms with Crippen LogP contribution >= 0.6 is 15.9 Å². The average Bonchev–Trinajstić information content (AvgIpc) is 3.04. The minimum Gasteiger partial charge on any atom is -0.316 e. The quantitative estimate of drug-likeness (QED) is 0.823. The van der Waals surface area contributed by atoms with Crippen LogP contribution in [0.4, 0.5) is 0 Å². The Morgan fingerprint density at radius 1 is 1.33 bits per heavy atom. The molecule has 2 heteroatoms. The van der Waals surface area contributed by atoms with E-state index in [0.29, 0.717) is 5.41 Å². The molecular weight excluding hydrogens is 286 g/mol. The first-order valence-electron chi connectivity index (χ1n) is 7.05. The maximum Gasteiger partial charge on any atom is 0.0175 e. The van der Waals surface area contributed by atoms with Gasteiger partial charge < -0.3 is 5.32 Å². The van der Waals surface area contributed by atoms with E-state index in [1.165, 1.54) is 22.9 Å². The van der Waals surface area contributed by atoms with Crippen molar-refractivity contribution in [1.29, 1.82) is 0 Å². The first kappa shape index (κ1) is 14.1. The minimum atomic E-state index is 0.407. The van der Waals surface area contributed by atoms with Gasteiger partial charge in [0.1, 0.15) is 0 Å². The zero-order chi connectivity index (χ0) is 13.2. The van der Waals surface area contributed by atoms with Gasteiger partial charge in [-0.3, -0.25) is 0 Å².